The lowest BCUT2D eigenvalue weighted by atomic mass is 10.2. The van der Waals surface area contributed by atoms with E-state index in [4.69, 9.17) is 43.8 Å². The molecule has 3 aliphatic heterocycles. The quantitative estimate of drug-likeness (QED) is 0.0959. The van der Waals surface area contributed by atoms with Gasteiger partial charge in [-0.25, -0.2) is 18.7 Å². The minimum absolute atomic E-state index is 0.0187. The van der Waals surface area contributed by atoms with E-state index in [1.54, 1.807) is 0 Å². The molecule has 5 rings (SSSR count). The van der Waals surface area contributed by atoms with Crippen molar-refractivity contribution in [2.24, 2.45) is 0 Å². The molecular formula is C23H32N6O16P2. The van der Waals surface area contributed by atoms with Gasteiger partial charge in [-0.2, -0.15) is 9.97 Å². The normalized spacial score (nSPS) is 31.8. The van der Waals surface area contributed by atoms with Crippen LogP contribution in [-0.4, -0.2) is 102 Å². The van der Waals surface area contributed by atoms with Gasteiger partial charge in [0.15, 0.2) is 6.10 Å². The standard InChI is InChI=1S/C23H32N6O16P2/c24-17-1-3-28(22(33)26-17)19-5-11(31)15(42-19)9-39-46(35,36)45-13-7-21(32)43-16(13)10-40-47(37,38)44-12-6-20(41-14(12)8-30)29-4-2-18(25)27-23(29)34/h1-4,11-16,19-20,30-31H,5-10H2,(H,35,36)(H,37,38)(H2,24,26,33)(H2,25,27,34)/t11-,12-,13-,14+,15+,16+,19+,20+/m0/s1. The summed E-state index contributed by atoms with van der Waals surface area (Å²) >= 11 is 0. The Hall–Kier alpha value is -3.11. The molecule has 0 saturated carbocycles. The molecule has 8 N–H and O–H groups in total. The first-order valence-electron chi connectivity index (χ1n) is 13.9. The summed E-state index contributed by atoms with van der Waals surface area (Å²) in [6, 6.07) is 2.68. The maximum absolute atomic E-state index is 12.8. The first kappa shape index (κ1) is 35.2. The van der Waals surface area contributed by atoms with E-state index in [9.17, 15) is 43.5 Å². The summed E-state index contributed by atoms with van der Waals surface area (Å²) in [5.41, 5.74) is 9.45. The second-order valence-electron chi connectivity index (χ2n) is 10.6. The zero-order chi connectivity index (χ0) is 34.1. The Labute approximate surface area is 263 Å². The van der Waals surface area contributed by atoms with Crippen LogP contribution in [-0.2, 0) is 46.2 Å². The van der Waals surface area contributed by atoms with E-state index in [0.717, 1.165) is 9.13 Å². The van der Waals surface area contributed by atoms with Gasteiger partial charge >= 0.3 is 33.0 Å². The lowest BCUT2D eigenvalue weighted by Gasteiger charge is -2.24. The van der Waals surface area contributed by atoms with Crippen LogP contribution in [0, 0.1) is 0 Å². The number of carbonyl (C=O) groups excluding carboxylic acids is 1. The van der Waals surface area contributed by atoms with Crippen LogP contribution in [0.15, 0.2) is 34.1 Å². The Balaban J connectivity index is 1.13. The lowest BCUT2D eigenvalue weighted by Crippen LogP contribution is -2.31. The molecule has 2 aromatic rings. The lowest BCUT2D eigenvalue weighted by molar-refractivity contribution is -0.143. The third-order valence-corrected chi connectivity index (χ3v) is 9.32. The number of hydrogen-bond donors (Lipinski definition) is 6. The van der Waals surface area contributed by atoms with Crippen molar-refractivity contribution in [3.63, 3.8) is 0 Å². The number of nitrogen functional groups attached to an aromatic ring is 2. The number of aliphatic hydroxyl groups is 2. The molecule has 2 unspecified atom stereocenters. The van der Waals surface area contributed by atoms with Gasteiger partial charge in [-0.05, 0) is 12.1 Å². The second-order valence-corrected chi connectivity index (χ2v) is 13.4. The fourth-order valence-corrected chi connectivity index (χ4v) is 6.95. The number of cyclic esters (lactones) is 1. The van der Waals surface area contributed by atoms with Gasteiger partial charge < -0.3 is 45.7 Å². The van der Waals surface area contributed by atoms with Gasteiger partial charge in [0.05, 0.1) is 32.3 Å². The number of rotatable bonds is 13. The van der Waals surface area contributed by atoms with Crippen LogP contribution in [0.4, 0.5) is 11.6 Å². The van der Waals surface area contributed by atoms with Crippen LogP contribution in [0.25, 0.3) is 0 Å². The molecule has 3 aliphatic rings. The molecule has 0 spiro atoms. The van der Waals surface area contributed by atoms with Crippen LogP contribution >= 0.6 is 15.6 Å². The summed E-state index contributed by atoms with van der Waals surface area (Å²) in [5.74, 6) is -0.938. The molecule has 24 heteroatoms. The van der Waals surface area contributed by atoms with Crippen molar-refractivity contribution in [1.82, 2.24) is 19.1 Å². The van der Waals surface area contributed by atoms with Crippen LogP contribution < -0.4 is 22.8 Å². The fourth-order valence-electron chi connectivity index (χ4n) is 5.05. The van der Waals surface area contributed by atoms with Crippen molar-refractivity contribution < 1.29 is 66.2 Å². The summed E-state index contributed by atoms with van der Waals surface area (Å²) in [4.78, 5) is 64.0. The van der Waals surface area contributed by atoms with Crippen LogP contribution in [0.1, 0.15) is 31.7 Å². The Kier molecular flexibility index (Phi) is 10.6. The van der Waals surface area contributed by atoms with Crippen LogP contribution in [0.5, 0.6) is 0 Å². The van der Waals surface area contributed by atoms with Crippen molar-refractivity contribution in [3.05, 3.63) is 45.5 Å². The molecule has 260 valence electrons. The SMILES string of the molecule is Nc1ccn([C@H]2C[C@H](OP(=O)(O)OC[C@H]3OC(=O)C[C@@H]3OP(=O)(O)OC[C@H]3O[C@@H](n4ccc(N)nc4=O)C[C@@H]3O)[C@@H](CO)O2)c(=O)n1. The van der Waals surface area contributed by atoms with E-state index < -0.39 is 108 Å². The average molecular weight is 710 g/mol. The number of esters is 1. The van der Waals surface area contributed by atoms with Crippen molar-refractivity contribution in [2.75, 3.05) is 31.3 Å². The molecule has 0 amide bonds. The van der Waals surface area contributed by atoms with Gasteiger partial charge in [0.25, 0.3) is 0 Å². The monoisotopic (exact) mass is 710 g/mol. The summed E-state index contributed by atoms with van der Waals surface area (Å²) in [6.45, 7) is -2.15. The number of anilines is 2. The molecule has 5 heterocycles. The van der Waals surface area contributed by atoms with Gasteiger partial charge in [0.2, 0.25) is 0 Å². The molecule has 47 heavy (non-hydrogen) atoms. The summed E-state index contributed by atoms with van der Waals surface area (Å²) in [6.07, 6.45) is -7.88. The van der Waals surface area contributed by atoms with Gasteiger partial charge in [0, 0.05) is 25.2 Å². The number of carbonyl (C=O) groups is 1. The maximum atomic E-state index is 12.8. The maximum Gasteiger partial charge on any atom is 0.472 e. The van der Waals surface area contributed by atoms with Gasteiger partial charge in [-0.15, -0.1) is 0 Å². The minimum Gasteiger partial charge on any atom is -0.457 e. The Morgan fingerprint density at radius 1 is 0.830 bits per heavy atom. The Morgan fingerprint density at radius 2 is 1.34 bits per heavy atom. The molecule has 3 saturated heterocycles. The van der Waals surface area contributed by atoms with Crippen molar-refractivity contribution in [2.45, 2.75) is 68.3 Å². The number of phosphoric acid groups is 2. The predicted molar refractivity (Wildman–Crippen MR) is 152 cm³/mol. The number of aromatic nitrogens is 4. The summed E-state index contributed by atoms with van der Waals surface area (Å²) in [5, 5.41) is 20.0. The van der Waals surface area contributed by atoms with E-state index in [-0.39, 0.29) is 24.5 Å². The third-order valence-electron chi connectivity index (χ3n) is 7.29. The molecule has 0 radical (unpaired) electrons. The van der Waals surface area contributed by atoms with E-state index in [1.165, 1.54) is 24.5 Å². The van der Waals surface area contributed by atoms with Crippen LogP contribution in [0.2, 0.25) is 0 Å². The number of nitrogens with zero attached hydrogens (tertiary/aromatic N) is 4. The van der Waals surface area contributed by atoms with Crippen molar-refractivity contribution >= 4 is 33.3 Å². The van der Waals surface area contributed by atoms with E-state index in [0.29, 0.717) is 0 Å². The molecule has 22 nitrogen and oxygen atoms in total. The van der Waals surface area contributed by atoms with Crippen molar-refractivity contribution in [1.29, 1.82) is 0 Å². The van der Waals surface area contributed by atoms with Crippen molar-refractivity contribution in [3.8, 4) is 0 Å². The Morgan fingerprint density at radius 3 is 1.89 bits per heavy atom. The Bertz CT molecular complexity index is 1670. The highest BCUT2D eigenvalue weighted by atomic mass is 31.2. The first-order chi connectivity index (χ1) is 22.1. The molecule has 2 aromatic heterocycles. The zero-order valence-electron chi connectivity index (χ0n) is 24.2. The molecule has 0 aliphatic carbocycles. The minimum atomic E-state index is -4.96. The molecule has 3 fully saturated rings. The van der Waals surface area contributed by atoms with Gasteiger partial charge in [-0.1, -0.05) is 0 Å². The third kappa shape index (κ3) is 8.68. The highest BCUT2D eigenvalue weighted by molar-refractivity contribution is 7.47. The number of hydrogen-bond acceptors (Lipinski definition) is 18. The van der Waals surface area contributed by atoms with E-state index in [2.05, 4.69) is 9.97 Å². The van der Waals surface area contributed by atoms with Crippen LogP contribution in [0.3, 0.4) is 0 Å². The first-order valence-corrected chi connectivity index (χ1v) is 16.9. The average Bonchev–Trinajstić information content (AvgIpc) is 3.66. The zero-order valence-corrected chi connectivity index (χ0v) is 26.0. The number of ether oxygens (including phenoxy) is 3. The highest BCUT2D eigenvalue weighted by Crippen LogP contribution is 2.50. The van der Waals surface area contributed by atoms with Gasteiger partial charge in [0.1, 0.15) is 48.5 Å². The molecule has 10 atom stereocenters. The topological polar surface area (TPSA) is 319 Å². The van der Waals surface area contributed by atoms with E-state index in [1.807, 2.05) is 0 Å². The highest BCUT2D eigenvalue weighted by Gasteiger charge is 2.46. The molecule has 0 bridgehead atoms. The number of aliphatic hydroxyl groups excluding tert-OH is 2. The summed E-state index contributed by atoms with van der Waals surface area (Å²) in [7, 11) is -9.92. The molecule has 0 aromatic carbocycles. The fraction of sp³-hybridized carbons (Fsp3) is 0.609. The smallest absolute Gasteiger partial charge is 0.457 e. The number of nitrogens with two attached hydrogens (primary N) is 2. The predicted octanol–water partition coefficient (Wildman–Crippen LogP) is -2.09. The van der Waals surface area contributed by atoms with E-state index >= 15 is 0 Å². The second kappa shape index (κ2) is 14.2. The molecular weight excluding hydrogens is 678 g/mol. The largest absolute Gasteiger partial charge is 0.472 e. The summed E-state index contributed by atoms with van der Waals surface area (Å²) < 4.78 is 63.9. The van der Waals surface area contributed by atoms with Gasteiger partial charge in [-0.3, -0.25) is 32.0 Å². The number of phosphoric ester groups is 2.